The van der Waals surface area contributed by atoms with Gasteiger partial charge in [-0.3, -0.25) is 0 Å². The molecule has 0 amide bonds. The van der Waals surface area contributed by atoms with Crippen LogP contribution in [0.3, 0.4) is 0 Å². The third kappa shape index (κ3) is 5.34. The van der Waals surface area contributed by atoms with Gasteiger partial charge in [-0.25, -0.2) is 0 Å². The van der Waals surface area contributed by atoms with Crippen molar-refractivity contribution in [2.45, 2.75) is 0 Å². The third-order valence-corrected chi connectivity index (χ3v) is 11.2. The Bertz CT molecular complexity index is 3240. The summed E-state index contributed by atoms with van der Waals surface area (Å²) in [6.45, 7) is 0. The first-order valence-corrected chi connectivity index (χ1v) is 19.2. The molecule has 0 radical (unpaired) electrons. The van der Waals surface area contributed by atoms with E-state index in [0.29, 0.717) is 0 Å². The molecule has 0 unspecified atom stereocenters. The van der Waals surface area contributed by atoms with Crippen molar-refractivity contribution in [1.82, 2.24) is 0 Å². The fourth-order valence-corrected chi connectivity index (χ4v) is 8.59. The van der Waals surface area contributed by atoms with Crippen LogP contribution in [0.1, 0.15) is 0 Å². The van der Waals surface area contributed by atoms with Crippen molar-refractivity contribution in [2.24, 2.45) is 0 Å². The molecule has 1 heterocycles. The fraction of sp³-hybridized carbons (Fsp3) is 0. The molecular weight excluding hydrogens is 679 g/mol. The first-order valence-electron chi connectivity index (χ1n) is 19.2. The molecule has 56 heavy (non-hydrogen) atoms. The summed E-state index contributed by atoms with van der Waals surface area (Å²) in [5.41, 5.74) is 12.0. The van der Waals surface area contributed by atoms with E-state index in [1.165, 1.54) is 49.0 Å². The Morgan fingerprint density at radius 3 is 1.73 bits per heavy atom. The van der Waals surface area contributed by atoms with Gasteiger partial charge in [-0.05, 0) is 103 Å². The zero-order valence-electron chi connectivity index (χ0n) is 30.6. The van der Waals surface area contributed by atoms with Crippen LogP contribution in [0.4, 0.5) is 17.1 Å². The molecule has 1 aromatic heterocycles. The first-order chi connectivity index (χ1) is 27.8. The minimum absolute atomic E-state index is 0.861. The fourth-order valence-electron chi connectivity index (χ4n) is 8.59. The van der Waals surface area contributed by atoms with E-state index in [2.05, 4.69) is 205 Å². The normalized spacial score (nSPS) is 11.6. The van der Waals surface area contributed by atoms with Crippen molar-refractivity contribution >= 4 is 71.3 Å². The lowest BCUT2D eigenvalue weighted by Gasteiger charge is -2.29. The average Bonchev–Trinajstić information content (AvgIpc) is 3.65. The molecule has 0 aliphatic heterocycles. The molecule has 0 saturated carbocycles. The molecule has 0 atom stereocenters. The van der Waals surface area contributed by atoms with Crippen molar-refractivity contribution in [1.29, 1.82) is 0 Å². The SMILES string of the molecule is c1ccc(-c2ccc(-c3cccc4ccccc34)cc2N(c2ccc(-c3cc4ccccc4c4ccccc34)cc2)c2ccc3c(c2)oc2ccccc23)cc1. The summed E-state index contributed by atoms with van der Waals surface area (Å²) in [7, 11) is 0. The number of nitrogens with zero attached hydrogens (tertiary/aromatic N) is 1. The van der Waals surface area contributed by atoms with Gasteiger partial charge in [-0.1, -0.05) is 164 Å². The highest BCUT2D eigenvalue weighted by Crippen LogP contribution is 2.46. The van der Waals surface area contributed by atoms with Crippen molar-refractivity contribution in [2.75, 3.05) is 4.90 Å². The molecule has 10 aromatic carbocycles. The van der Waals surface area contributed by atoms with E-state index in [4.69, 9.17) is 4.42 Å². The van der Waals surface area contributed by atoms with Gasteiger partial charge < -0.3 is 9.32 Å². The molecule has 0 aliphatic rings. The van der Waals surface area contributed by atoms with E-state index < -0.39 is 0 Å². The van der Waals surface area contributed by atoms with Crippen LogP contribution < -0.4 is 4.90 Å². The number of fused-ring (bicyclic) bond motifs is 7. The Balaban J connectivity index is 1.14. The lowest BCUT2D eigenvalue weighted by Crippen LogP contribution is -2.11. The average molecular weight is 714 g/mol. The minimum atomic E-state index is 0.861. The van der Waals surface area contributed by atoms with Gasteiger partial charge in [-0.15, -0.1) is 0 Å². The van der Waals surface area contributed by atoms with Crippen LogP contribution in [-0.2, 0) is 0 Å². The van der Waals surface area contributed by atoms with Crippen molar-refractivity contribution < 1.29 is 4.42 Å². The van der Waals surface area contributed by atoms with E-state index in [1.54, 1.807) is 0 Å². The second-order valence-corrected chi connectivity index (χ2v) is 14.5. The van der Waals surface area contributed by atoms with Gasteiger partial charge in [0.1, 0.15) is 11.2 Å². The van der Waals surface area contributed by atoms with Crippen molar-refractivity contribution in [3.8, 4) is 33.4 Å². The Kier molecular flexibility index (Phi) is 7.53. The molecule has 0 aliphatic carbocycles. The summed E-state index contributed by atoms with van der Waals surface area (Å²) >= 11 is 0. The van der Waals surface area contributed by atoms with E-state index >= 15 is 0 Å². The predicted molar refractivity (Wildman–Crippen MR) is 237 cm³/mol. The maximum absolute atomic E-state index is 6.50. The summed E-state index contributed by atoms with van der Waals surface area (Å²) in [5, 5.41) is 9.71. The molecule has 2 heteroatoms. The van der Waals surface area contributed by atoms with Crippen molar-refractivity contribution in [3.63, 3.8) is 0 Å². The van der Waals surface area contributed by atoms with E-state index in [1.807, 2.05) is 12.1 Å². The number of hydrogen-bond acceptors (Lipinski definition) is 2. The summed E-state index contributed by atoms with van der Waals surface area (Å²) < 4.78 is 6.50. The topological polar surface area (TPSA) is 16.4 Å². The summed E-state index contributed by atoms with van der Waals surface area (Å²) in [5.74, 6) is 0. The van der Waals surface area contributed by atoms with Crippen LogP contribution in [0.25, 0.3) is 87.6 Å². The lowest BCUT2D eigenvalue weighted by molar-refractivity contribution is 0.669. The van der Waals surface area contributed by atoms with Gasteiger partial charge in [0.2, 0.25) is 0 Å². The second kappa shape index (κ2) is 13.2. The zero-order valence-corrected chi connectivity index (χ0v) is 30.6. The zero-order chi connectivity index (χ0) is 37.0. The maximum Gasteiger partial charge on any atom is 0.137 e. The molecule has 11 aromatic rings. The largest absolute Gasteiger partial charge is 0.456 e. The smallest absolute Gasteiger partial charge is 0.137 e. The number of hydrogen-bond donors (Lipinski definition) is 0. The third-order valence-electron chi connectivity index (χ3n) is 11.2. The summed E-state index contributed by atoms with van der Waals surface area (Å²) in [6.07, 6.45) is 0. The molecule has 0 N–H and O–H groups in total. The van der Waals surface area contributed by atoms with Gasteiger partial charge in [-0.2, -0.15) is 0 Å². The monoisotopic (exact) mass is 713 g/mol. The van der Waals surface area contributed by atoms with Crippen molar-refractivity contribution in [3.05, 3.63) is 212 Å². The van der Waals surface area contributed by atoms with E-state index in [-0.39, 0.29) is 0 Å². The van der Waals surface area contributed by atoms with Gasteiger partial charge >= 0.3 is 0 Å². The van der Waals surface area contributed by atoms with Crippen LogP contribution >= 0.6 is 0 Å². The number of para-hydroxylation sites is 1. The molecule has 0 bridgehead atoms. The molecule has 0 spiro atoms. The standard InChI is InChI=1S/C54H35NO/c1-2-13-37(14-3-1)46-31-27-40(44-23-12-17-36-15-4-6-18-43(36)44)34-52(46)55(42-30-32-50-49-22-10-11-24-53(49)56-54(50)35-42)41-28-25-38(26-29-41)51-33-39-16-5-7-19-45(39)47-20-8-9-21-48(47)51/h1-35H. The Hall–Kier alpha value is -7.42. The van der Waals surface area contributed by atoms with Crippen LogP contribution in [0.2, 0.25) is 0 Å². The quantitative estimate of drug-likeness (QED) is 0.160. The molecular formula is C54H35NO. The Morgan fingerprint density at radius 1 is 0.286 bits per heavy atom. The van der Waals surface area contributed by atoms with Crippen LogP contribution in [0, 0.1) is 0 Å². The highest BCUT2D eigenvalue weighted by Gasteiger charge is 2.21. The van der Waals surface area contributed by atoms with E-state index in [9.17, 15) is 0 Å². The molecule has 262 valence electrons. The number of rotatable bonds is 6. The second-order valence-electron chi connectivity index (χ2n) is 14.5. The highest BCUT2D eigenvalue weighted by atomic mass is 16.3. The van der Waals surface area contributed by atoms with Gasteiger partial charge in [0, 0.05) is 33.8 Å². The lowest BCUT2D eigenvalue weighted by atomic mass is 9.93. The molecule has 0 fully saturated rings. The number of benzene rings is 10. The Morgan fingerprint density at radius 2 is 0.893 bits per heavy atom. The van der Waals surface area contributed by atoms with Gasteiger partial charge in [0.25, 0.3) is 0 Å². The van der Waals surface area contributed by atoms with E-state index in [0.717, 1.165) is 55.7 Å². The maximum atomic E-state index is 6.50. The molecule has 2 nitrogen and oxygen atoms in total. The van der Waals surface area contributed by atoms with Crippen LogP contribution in [-0.4, -0.2) is 0 Å². The number of anilines is 3. The predicted octanol–water partition coefficient (Wildman–Crippen LogP) is 15.5. The molecule has 0 saturated heterocycles. The highest BCUT2D eigenvalue weighted by molar-refractivity contribution is 6.14. The summed E-state index contributed by atoms with van der Waals surface area (Å²) in [4.78, 5) is 2.39. The van der Waals surface area contributed by atoms with Gasteiger partial charge in [0.05, 0.1) is 5.69 Å². The minimum Gasteiger partial charge on any atom is -0.456 e. The van der Waals surface area contributed by atoms with Gasteiger partial charge in [0.15, 0.2) is 0 Å². The van der Waals surface area contributed by atoms with Crippen LogP contribution in [0.15, 0.2) is 217 Å². The number of furan rings is 1. The summed E-state index contributed by atoms with van der Waals surface area (Å²) in [6, 6.07) is 76.6. The molecule has 11 rings (SSSR count). The van der Waals surface area contributed by atoms with Crippen LogP contribution in [0.5, 0.6) is 0 Å². The Labute approximate surface area is 325 Å². The first kappa shape index (κ1) is 32.0.